The summed E-state index contributed by atoms with van der Waals surface area (Å²) >= 11 is 0. The molecule has 0 fully saturated rings. The SMILES string of the molecule is CC(C)C(=O)NCC[C@H]1CN(Cc2ccc3c(c2)OCO3)Cc2ccnn21. The molecule has 0 saturated carbocycles. The van der Waals surface area contributed by atoms with Gasteiger partial charge in [-0.2, -0.15) is 5.10 Å². The molecule has 1 amide bonds. The maximum atomic E-state index is 11.8. The van der Waals surface area contributed by atoms with Crippen LogP contribution in [0.4, 0.5) is 0 Å². The maximum Gasteiger partial charge on any atom is 0.231 e. The van der Waals surface area contributed by atoms with Gasteiger partial charge in [-0.3, -0.25) is 14.4 Å². The number of carbonyl (C=O) groups is 1. The quantitative estimate of drug-likeness (QED) is 0.845. The van der Waals surface area contributed by atoms with Gasteiger partial charge in [0.1, 0.15) is 0 Å². The van der Waals surface area contributed by atoms with Gasteiger partial charge < -0.3 is 14.8 Å². The Morgan fingerprint density at radius 1 is 1.30 bits per heavy atom. The summed E-state index contributed by atoms with van der Waals surface area (Å²) in [4.78, 5) is 14.2. The number of nitrogens with one attached hydrogen (secondary N) is 1. The van der Waals surface area contributed by atoms with Crippen LogP contribution in [0, 0.1) is 5.92 Å². The summed E-state index contributed by atoms with van der Waals surface area (Å²) in [6.07, 6.45) is 2.73. The Morgan fingerprint density at radius 3 is 3.00 bits per heavy atom. The van der Waals surface area contributed by atoms with Crippen LogP contribution in [-0.2, 0) is 17.9 Å². The summed E-state index contributed by atoms with van der Waals surface area (Å²) in [6.45, 7) is 7.40. The first-order chi connectivity index (χ1) is 13.1. The van der Waals surface area contributed by atoms with Gasteiger partial charge in [0.15, 0.2) is 11.5 Å². The second-order valence-corrected chi connectivity index (χ2v) is 7.51. The molecule has 2 aromatic rings. The lowest BCUT2D eigenvalue weighted by molar-refractivity contribution is -0.124. The molecule has 4 rings (SSSR count). The smallest absolute Gasteiger partial charge is 0.231 e. The van der Waals surface area contributed by atoms with Gasteiger partial charge >= 0.3 is 0 Å². The van der Waals surface area contributed by atoms with Crippen molar-refractivity contribution in [3.05, 3.63) is 41.7 Å². The summed E-state index contributed by atoms with van der Waals surface area (Å²) in [5, 5.41) is 7.52. The fourth-order valence-electron chi connectivity index (χ4n) is 3.66. The van der Waals surface area contributed by atoms with Crippen molar-refractivity contribution in [1.29, 1.82) is 0 Å². The Labute approximate surface area is 159 Å². The summed E-state index contributed by atoms with van der Waals surface area (Å²) in [7, 11) is 0. The summed E-state index contributed by atoms with van der Waals surface area (Å²) < 4.78 is 13.0. The zero-order valence-corrected chi connectivity index (χ0v) is 15.9. The van der Waals surface area contributed by atoms with E-state index in [2.05, 4.69) is 38.2 Å². The number of amides is 1. The fraction of sp³-hybridized carbons (Fsp3) is 0.500. The third-order valence-electron chi connectivity index (χ3n) is 5.10. The molecule has 0 spiro atoms. The van der Waals surface area contributed by atoms with Crippen LogP contribution in [0.25, 0.3) is 0 Å². The number of benzene rings is 1. The minimum atomic E-state index is 0.0131. The van der Waals surface area contributed by atoms with Crippen molar-refractivity contribution in [1.82, 2.24) is 20.0 Å². The van der Waals surface area contributed by atoms with E-state index >= 15 is 0 Å². The summed E-state index contributed by atoms with van der Waals surface area (Å²) in [6, 6.07) is 8.46. The van der Waals surface area contributed by atoms with E-state index in [1.54, 1.807) is 0 Å². The first-order valence-electron chi connectivity index (χ1n) is 9.51. The number of aromatic nitrogens is 2. The van der Waals surface area contributed by atoms with E-state index in [9.17, 15) is 4.79 Å². The molecule has 0 radical (unpaired) electrons. The van der Waals surface area contributed by atoms with E-state index in [0.717, 1.165) is 37.6 Å². The van der Waals surface area contributed by atoms with Gasteiger partial charge in [-0.1, -0.05) is 19.9 Å². The zero-order chi connectivity index (χ0) is 18.8. The van der Waals surface area contributed by atoms with E-state index < -0.39 is 0 Å². The number of ether oxygens (including phenoxy) is 2. The summed E-state index contributed by atoms with van der Waals surface area (Å²) in [5.74, 6) is 1.75. The van der Waals surface area contributed by atoms with Gasteiger partial charge in [-0.15, -0.1) is 0 Å². The minimum absolute atomic E-state index is 0.0131. The van der Waals surface area contributed by atoms with Crippen molar-refractivity contribution in [2.75, 3.05) is 19.9 Å². The molecule has 7 nitrogen and oxygen atoms in total. The van der Waals surface area contributed by atoms with Gasteiger partial charge in [0.25, 0.3) is 0 Å². The van der Waals surface area contributed by atoms with E-state index in [-0.39, 0.29) is 17.9 Å². The molecule has 2 aliphatic heterocycles. The third kappa shape index (κ3) is 3.93. The largest absolute Gasteiger partial charge is 0.454 e. The van der Waals surface area contributed by atoms with Gasteiger partial charge in [-0.25, -0.2) is 0 Å². The number of fused-ring (bicyclic) bond motifs is 2. The van der Waals surface area contributed by atoms with Gasteiger partial charge in [-0.05, 0) is 30.2 Å². The van der Waals surface area contributed by atoms with Crippen LogP contribution in [0.1, 0.15) is 37.6 Å². The van der Waals surface area contributed by atoms with Crippen molar-refractivity contribution in [3.8, 4) is 11.5 Å². The van der Waals surface area contributed by atoms with Gasteiger partial charge in [0.05, 0.1) is 11.7 Å². The first kappa shape index (κ1) is 17.9. The Kier molecular flexibility index (Phi) is 5.03. The van der Waals surface area contributed by atoms with E-state index in [1.807, 2.05) is 26.1 Å². The molecular formula is C20H26N4O3. The van der Waals surface area contributed by atoms with Crippen LogP contribution < -0.4 is 14.8 Å². The van der Waals surface area contributed by atoms with Gasteiger partial charge in [0, 0.05) is 38.3 Å². The summed E-state index contributed by atoms with van der Waals surface area (Å²) in [5.41, 5.74) is 2.42. The predicted octanol–water partition coefficient (Wildman–Crippen LogP) is 2.33. The van der Waals surface area contributed by atoms with Crippen LogP contribution in [0.5, 0.6) is 11.5 Å². The first-order valence-corrected chi connectivity index (χ1v) is 9.51. The number of carbonyl (C=O) groups excluding carboxylic acids is 1. The molecule has 144 valence electrons. The zero-order valence-electron chi connectivity index (χ0n) is 15.9. The average molecular weight is 370 g/mol. The second-order valence-electron chi connectivity index (χ2n) is 7.51. The Bertz CT molecular complexity index is 817. The van der Waals surface area contributed by atoms with E-state index in [0.29, 0.717) is 13.3 Å². The third-order valence-corrected chi connectivity index (χ3v) is 5.10. The molecule has 1 aromatic carbocycles. The molecule has 1 aromatic heterocycles. The van der Waals surface area contributed by atoms with Crippen LogP contribution >= 0.6 is 0 Å². The molecule has 3 heterocycles. The minimum Gasteiger partial charge on any atom is -0.454 e. The molecule has 27 heavy (non-hydrogen) atoms. The predicted molar refractivity (Wildman–Crippen MR) is 100 cm³/mol. The molecule has 2 aliphatic rings. The lowest BCUT2D eigenvalue weighted by atomic mass is 10.1. The molecule has 0 unspecified atom stereocenters. The van der Waals surface area contributed by atoms with Crippen molar-refractivity contribution in [3.63, 3.8) is 0 Å². The molecule has 0 aliphatic carbocycles. The van der Waals surface area contributed by atoms with Crippen molar-refractivity contribution in [2.45, 2.75) is 39.4 Å². The fourth-order valence-corrected chi connectivity index (χ4v) is 3.66. The molecule has 7 heteroatoms. The molecule has 1 N–H and O–H groups in total. The topological polar surface area (TPSA) is 68.6 Å². The van der Waals surface area contributed by atoms with Crippen molar-refractivity contribution in [2.24, 2.45) is 5.92 Å². The highest BCUT2D eigenvalue weighted by Crippen LogP contribution is 2.33. The average Bonchev–Trinajstić information content (AvgIpc) is 3.29. The molecule has 0 bridgehead atoms. The Hall–Kier alpha value is -2.54. The lowest BCUT2D eigenvalue weighted by Gasteiger charge is -2.34. The van der Waals surface area contributed by atoms with Crippen LogP contribution in [0.2, 0.25) is 0 Å². The highest BCUT2D eigenvalue weighted by molar-refractivity contribution is 5.77. The number of hydrogen-bond donors (Lipinski definition) is 1. The van der Waals surface area contributed by atoms with E-state index in [1.165, 1.54) is 11.3 Å². The van der Waals surface area contributed by atoms with E-state index in [4.69, 9.17) is 9.47 Å². The maximum absolute atomic E-state index is 11.8. The Balaban J connectivity index is 1.41. The van der Waals surface area contributed by atoms with Gasteiger partial charge in [0.2, 0.25) is 12.7 Å². The van der Waals surface area contributed by atoms with Crippen LogP contribution in [-0.4, -0.2) is 40.5 Å². The molecule has 0 saturated heterocycles. The standard InChI is InChI=1S/C20H26N4O3/c1-14(2)20(25)21-7-5-16-11-23(12-17-6-8-22-24(16)17)10-15-3-4-18-19(9-15)27-13-26-18/h3-4,6,8-9,14,16H,5,7,10-13H2,1-2H3,(H,21,25)/t16-/m0/s1. The number of rotatable bonds is 6. The van der Waals surface area contributed by atoms with Crippen LogP contribution in [0.15, 0.2) is 30.5 Å². The highest BCUT2D eigenvalue weighted by atomic mass is 16.7. The highest BCUT2D eigenvalue weighted by Gasteiger charge is 2.26. The number of nitrogens with zero attached hydrogens (tertiary/aromatic N) is 3. The second kappa shape index (κ2) is 7.60. The number of hydrogen-bond acceptors (Lipinski definition) is 5. The molecule has 1 atom stereocenters. The normalized spacial score (nSPS) is 18.6. The monoisotopic (exact) mass is 370 g/mol. The van der Waals surface area contributed by atoms with Crippen molar-refractivity contribution >= 4 is 5.91 Å². The van der Waals surface area contributed by atoms with Crippen LogP contribution in [0.3, 0.4) is 0 Å². The Morgan fingerprint density at radius 2 is 2.15 bits per heavy atom. The molecular weight excluding hydrogens is 344 g/mol. The lowest BCUT2D eigenvalue weighted by Crippen LogP contribution is -2.39. The van der Waals surface area contributed by atoms with Crippen molar-refractivity contribution < 1.29 is 14.3 Å².